The summed E-state index contributed by atoms with van der Waals surface area (Å²) in [5.74, 6) is -0.494. The molecule has 0 aromatic carbocycles. The summed E-state index contributed by atoms with van der Waals surface area (Å²) in [5, 5.41) is 10.1. The summed E-state index contributed by atoms with van der Waals surface area (Å²) < 4.78 is 5.87. The number of aliphatic hydroxyl groups is 1. The third-order valence-corrected chi connectivity index (χ3v) is 6.06. The Morgan fingerprint density at radius 3 is 2.04 bits per heavy atom. The lowest BCUT2D eigenvalue weighted by molar-refractivity contribution is -0.861. The second-order valence-electron chi connectivity index (χ2n) is 8.66. The predicted octanol–water partition coefficient (Wildman–Crippen LogP) is 4.36. The van der Waals surface area contributed by atoms with Gasteiger partial charge in [0.1, 0.15) is 12.3 Å². The van der Waals surface area contributed by atoms with Gasteiger partial charge in [-0.2, -0.15) is 0 Å². The molecule has 0 fully saturated rings. The average molecular weight is 417 g/mol. The maximum Gasteiger partial charge on any atom is 0.330 e. The Morgan fingerprint density at radius 2 is 1.57 bits per heavy atom. The largest absolute Gasteiger partial charge is 0.628 e. The van der Waals surface area contributed by atoms with Gasteiger partial charge in [0.2, 0.25) is 0 Å². The molecular weight excluding hydrogens is 373 g/mol. The van der Waals surface area contributed by atoms with Crippen LogP contribution in [0.4, 0.5) is 0 Å². The first-order valence-electron chi connectivity index (χ1n) is 10.8. The van der Waals surface area contributed by atoms with E-state index < -0.39 is 19.8 Å². The van der Waals surface area contributed by atoms with E-state index in [-0.39, 0.29) is 11.6 Å². The number of esters is 1. The van der Waals surface area contributed by atoms with Crippen LogP contribution in [-0.4, -0.2) is 61.0 Å². The SMILES string of the molecule is C=CC(=O)OC(CCCCCCCCCCCC)C/[P+]([O-])=C(\O)C[N+](C)(C)C. The summed E-state index contributed by atoms with van der Waals surface area (Å²) in [7, 11) is 3.86. The molecule has 0 amide bonds. The molecule has 0 aliphatic heterocycles. The second-order valence-corrected chi connectivity index (χ2v) is 10.3. The second kappa shape index (κ2) is 16.1. The highest BCUT2D eigenvalue weighted by molar-refractivity contribution is 7.51. The number of aliphatic hydroxyl groups excluding tert-OH is 1. The Hall–Kier alpha value is -0.740. The fourth-order valence-corrected chi connectivity index (χ4v) is 4.47. The monoisotopic (exact) mass is 416 g/mol. The Labute approximate surface area is 173 Å². The maximum absolute atomic E-state index is 12.4. The average Bonchev–Trinajstić information content (AvgIpc) is 2.61. The van der Waals surface area contributed by atoms with Gasteiger partial charge in [-0.15, -0.1) is 0 Å². The van der Waals surface area contributed by atoms with E-state index >= 15 is 0 Å². The molecule has 0 bridgehead atoms. The summed E-state index contributed by atoms with van der Waals surface area (Å²) in [5.41, 5.74) is -0.00905. The van der Waals surface area contributed by atoms with Gasteiger partial charge in [-0.1, -0.05) is 71.3 Å². The van der Waals surface area contributed by atoms with Gasteiger partial charge >= 0.3 is 5.97 Å². The highest BCUT2D eigenvalue weighted by Gasteiger charge is 2.22. The van der Waals surface area contributed by atoms with E-state index in [1.54, 1.807) is 0 Å². The molecule has 2 atom stereocenters. The Morgan fingerprint density at radius 1 is 1.07 bits per heavy atom. The van der Waals surface area contributed by atoms with Crippen molar-refractivity contribution < 1.29 is 24.0 Å². The molecule has 5 nitrogen and oxygen atoms in total. The molecule has 0 heterocycles. The minimum absolute atomic E-state index is 0.00905. The van der Waals surface area contributed by atoms with Crippen LogP contribution in [0.15, 0.2) is 12.7 Å². The van der Waals surface area contributed by atoms with E-state index in [4.69, 9.17) is 4.74 Å². The summed E-state index contributed by atoms with van der Waals surface area (Å²) in [4.78, 5) is 24.0. The van der Waals surface area contributed by atoms with Gasteiger partial charge in [0, 0.05) is 6.08 Å². The van der Waals surface area contributed by atoms with E-state index in [9.17, 15) is 14.8 Å². The molecule has 0 spiro atoms. The van der Waals surface area contributed by atoms with Gasteiger partial charge in [0.25, 0.3) is 5.48 Å². The number of carbonyl (C=O) groups excluding carboxylic acids is 1. The number of quaternary nitrogens is 1. The van der Waals surface area contributed by atoms with E-state index in [2.05, 4.69) is 13.5 Å². The Kier molecular flexibility index (Phi) is 15.7. The zero-order valence-electron chi connectivity index (χ0n) is 18.6. The summed E-state index contributed by atoms with van der Waals surface area (Å²) >= 11 is 0. The molecule has 0 aromatic heterocycles. The molecule has 0 aliphatic rings. The van der Waals surface area contributed by atoms with Crippen LogP contribution in [0.2, 0.25) is 0 Å². The fourth-order valence-electron chi connectivity index (χ4n) is 3.05. The summed E-state index contributed by atoms with van der Waals surface area (Å²) in [6.07, 6.45) is 13.9. The topological polar surface area (TPSA) is 69.6 Å². The fraction of sp³-hybridized carbons (Fsp3) is 0.818. The van der Waals surface area contributed by atoms with Crippen LogP contribution in [0.25, 0.3) is 0 Å². The molecule has 6 heteroatoms. The lowest BCUT2D eigenvalue weighted by Crippen LogP contribution is -2.40. The van der Waals surface area contributed by atoms with Crippen molar-refractivity contribution in [1.82, 2.24) is 0 Å². The first-order valence-corrected chi connectivity index (χ1v) is 12.3. The van der Waals surface area contributed by atoms with Crippen LogP contribution in [0, 0.1) is 0 Å². The molecule has 0 aliphatic carbocycles. The van der Waals surface area contributed by atoms with Gasteiger partial charge in [0.15, 0.2) is 6.54 Å². The van der Waals surface area contributed by atoms with Gasteiger partial charge in [-0.05, 0) is 12.8 Å². The van der Waals surface area contributed by atoms with Crippen molar-refractivity contribution in [3.63, 3.8) is 0 Å². The molecule has 28 heavy (non-hydrogen) atoms. The molecule has 0 aromatic rings. The highest BCUT2D eigenvalue weighted by atomic mass is 31.1. The van der Waals surface area contributed by atoms with Crippen molar-refractivity contribution in [2.45, 2.75) is 83.7 Å². The zero-order chi connectivity index (χ0) is 21.4. The molecule has 0 rings (SSSR count). The molecule has 2 unspecified atom stereocenters. The van der Waals surface area contributed by atoms with Crippen LogP contribution in [0.1, 0.15) is 77.6 Å². The first-order chi connectivity index (χ1) is 13.2. The van der Waals surface area contributed by atoms with Crippen LogP contribution < -0.4 is 4.89 Å². The van der Waals surface area contributed by atoms with Crippen molar-refractivity contribution >= 4 is 19.2 Å². The van der Waals surface area contributed by atoms with Crippen LogP contribution in [-0.2, 0) is 9.53 Å². The van der Waals surface area contributed by atoms with E-state index in [1.807, 2.05) is 21.1 Å². The quantitative estimate of drug-likeness (QED) is 0.126. The molecule has 0 radical (unpaired) electrons. The number of carbonyl (C=O) groups is 1. The zero-order valence-corrected chi connectivity index (χ0v) is 19.5. The highest BCUT2D eigenvalue weighted by Crippen LogP contribution is 2.21. The van der Waals surface area contributed by atoms with Gasteiger partial charge in [0.05, 0.1) is 28.9 Å². The van der Waals surface area contributed by atoms with Gasteiger partial charge < -0.3 is 19.2 Å². The number of ether oxygens (including phenoxy) is 1. The lowest BCUT2D eigenvalue weighted by Gasteiger charge is -2.22. The van der Waals surface area contributed by atoms with Crippen LogP contribution in [0.5, 0.6) is 0 Å². The number of hydrogen-bond acceptors (Lipinski definition) is 3. The smallest absolute Gasteiger partial charge is 0.330 e. The van der Waals surface area contributed by atoms with Crippen LogP contribution in [0.3, 0.4) is 0 Å². The molecule has 164 valence electrons. The van der Waals surface area contributed by atoms with Crippen molar-refractivity contribution in [2.75, 3.05) is 33.8 Å². The molecule has 1 N–H and O–H groups in total. The predicted molar refractivity (Wildman–Crippen MR) is 118 cm³/mol. The normalized spacial score (nSPS) is 13.8. The van der Waals surface area contributed by atoms with Crippen molar-refractivity contribution in [3.05, 3.63) is 12.7 Å². The van der Waals surface area contributed by atoms with Gasteiger partial charge in [-0.25, -0.2) is 4.79 Å². The van der Waals surface area contributed by atoms with Gasteiger partial charge in [-0.3, -0.25) is 0 Å². The Bertz CT molecular complexity index is 472. The maximum atomic E-state index is 12.4. The van der Waals surface area contributed by atoms with E-state index in [0.717, 1.165) is 18.9 Å². The summed E-state index contributed by atoms with van der Waals surface area (Å²) in [6, 6.07) is 0. The standard InChI is InChI=1S/C22H42NO4P/c1-6-8-9-10-11-12-13-14-15-16-17-20(27-21(24)7-2)19-28(26)22(25)18-23(3,4)5/h7,20H,2,6,8-19H2,1,3-5H3/p+1. The molecule has 0 saturated heterocycles. The summed E-state index contributed by atoms with van der Waals surface area (Å²) in [6.45, 7) is 5.99. The molecular formula is C22H43NO4P+. The third kappa shape index (κ3) is 16.2. The van der Waals surface area contributed by atoms with Crippen molar-refractivity contribution in [1.29, 1.82) is 0 Å². The number of unbranched alkanes of at least 4 members (excludes halogenated alkanes) is 9. The number of rotatable bonds is 17. The number of nitrogens with zero attached hydrogens (tertiary/aromatic N) is 1. The minimum Gasteiger partial charge on any atom is -0.628 e. The van der Waals surface area contributed by atoms with Crippen molar-refractivity contribution in [3.8, 4) is 0 Å². The first kappa shape index (κ1) is 27.3. The van der Waals surface area contributed by atoms with E-state index in [1.165, 1.54) is 51.4 Å². The third-order valence-electron chi connectivity index (χ3n) is 4.60. The van der Waals surface area contributed by atoms with Crippen LogP contribution >= 0.6 is 7.77 Å². The lowest BCUT2D eigenvalue weighted by atomic mass is 10.0. The van der Waals surface area contributed by atoms with Crippen molar-refractivity contribution in [2.24, 2.45) is 0 Å². The number of hydrogen-bond donors (Lipinski definition) is 1. The number of likely N-dealkylation sites (N-methyl/N-ethyl adjacent to an activating group) is 1. The minimum atomic E-state index is -1.92. The van der Waals surface area contributed by atoms with E-state index in [0.29, 0.717) is 17.4 Å². The molecule has 0 saturated carbocycles. The Balaban J connectivity index is 4.27.